The summed E-state index contributed by atoms with van der Waals surface area (Å²) in [6.45, 7) is 8.55. The molecule has 1 saturated heterocycles. The van der Waals surface area contributed by atoms with Crippen LogP contribution < -0.4 is 0 Å². The van der Waals surface area contributed by atoms with Crippen molar-refractivity contribution in [2.24, 2.45) is 5.92 Å². The smallest absolute Gasteiger partial charge is 0.222 e. The Labute approximate surface area is 115 Å². The van der Waals surface area contributed by atoms with Crippen molar-refractivity contribution < 1.29 is 9.90 Å². The van der Waals surface area contributed by atoms with Crippen molar-refractivity contribution in [3.8, 4) is 0 Å². The van der Waals surface area contributed by atoms with Gasteiger partial charge in [0.2, 0.25) is 5.91 Å². The number of thioether (sulfide) groups is 1. The highest BCUT2D eigenvalue weighted by Gasteiger charge is 2.21. The highest BCUT2D eigenvalue weighted by atomic mass is 32.2. The van der Waals surface area contributed by atoms with Crippen LogP contribution in [0.4, 0.5) is 0 Å². The molecule has 1 heterocycles. The Balaban J connectivity index is 2.14. The van der Waals surface area contributed by atoms with Crippen LogP contribution >= 0.6 is 11.8 Å². The molecule has 0 atom stereocenters. The van der Waals surface area contributed by atoms with Crippen molar-refractivity contribution in [1.82, 2.24) is 4.90 Å². The summed E-state index contributed by atoms with van der Waals surface area (Å²) in [6.07, 6.45) is 3.56. The van der Waals surface area contributed by atoms with Crippen LogP contribution in [0, 0.1) is 5.92 Å². The van der Waals surface area contributed by atoms with E-state index in [4.69, 9.17) is 5.11 Å². The Morgan fingerprint density at radius 1 is 1.33 bits per heavy atom. The highest BCUT2D eigenvalue weighted by Crippen LogP contribution is 2.24. The maximum atomic E-state index is 12.0. The maximum Gasteiger partial charge on any atom is 0.222 e. The van der Waals surface area contributed by atoms with E-state index in [9.17, 15) is 4.79 Å². The summed E-state index contributed by atoms with van der Waals surface area (Å²) in [5.74, 6) is 1.76. The van der Waals surface area contributed by atoms with Gasteiger partial charge in [-0.15, -0.1) is 0 Å². The molecular weight excluding hydrogens is 246 g/mol. The number of likely N-dealkylation sites (tertiary alicyclic amines) is 1. The van der Waals surface area contributed by atoms with Gasteiger partial charge in [-0.05, 0) is 30.9 Å². The third-order valence-electron chi connectivity index (χ3n) is 3.30. The fourth-order valence-electron chi connectivity index (χ4n) is 2.12. The molecule has 0 radical (unpaired) electrons. The molecule has 1 amide bonds. The van der Waals surface area contributed by atoms with Gasteiger partial charge in [0.05, 0.1) is 0 Å². The summed E-state index contributed by atoms with van der Waals surface area (Å²) < 4.78 is 0.294. The predicted molar refractivity (Wildman–Crippen MR) is 77.8 cm³/mol. The van der Waals surface area contributed by atoms with Crippen molar-refractivity contribution in [2.45, 2.75) is 51.2 Å². The van der Waals surface area contributed by atoms with E-state index in [1.54, 1.807) is 0 Å². The van der Waals surface area contributed by atoms with E-state index < -0.39 is 0 Å². The Hall–Kier alpha value is -0.220. The molecule has 3 nitrogen and oxygen atoms in total. The largest absolute Gasteiger partial charge is 0.396 e. The van der Waals surface area contributed by atoms with Crippen molar-refractivity contribution in [3.05, 3.63) is 0 Å². The minimum Gasteiger partial charge on any atom is -0.396 e. The summed E-state index contributed by atoms with van der Waals surface area (Å²) in [5, 5.41) is 9.06. The van der Waals surface area contributed by atoms with Gasteiger partial charge in [0.25, 0.3) is 0 Å². The standard InChI is InChI=1S/C14H27NO2S/c1-14(2,3)18-10-4-5-13(17)15-8-6-12(11-16)7-9-15/h12,16H,4-11H2,1-3H3. The van der Waals surface area contributed by atoms with Crippen LogP contribution in [0.3, 0.4) is 0 Å². The molecule has 18 heavy (non-hydrogen) atoms. The van der Waals surface area contributed by atoms with Gasteiger partial charge in [-0.25, -0.2) is 0 Å². The average molecular weight is 273 g/mol. The van der Waals surface area contributed by atoms with Gasteiger partial charge >= 0.3 is 0 Å². The average Bonchev–Trinajstić information content (AvgIpc) is 2.33. The van der Waals surface area contributed by atoms with Crippen molar-refractivity contribution >= 4 is 17.7 Å². The summed E-state index contributed by atoms with van der Waals surface area (Å²) in [6, 6.07) is 0. The topological polar surface area (TPSA) is 40.5 Å². The Morgan fingerprint density at radius 3 is 2.44 bits per heavy atom. The molecule has 1 N–H and O–H groups in total. The molecule has 106 valence electrons. The van der Waals surface area contributed by atoms with Gasteiger partial charge in [-0.2, -0.15) is 11.8 Å². The lowest BCUT2D eigenvalue weighted by atomic mass is 9.98. The number of aliphatic hydroxyl groups excluding tert-OH is 1. The second-order valence-corrected chi connectivity index (χ2v) is 7.99. The monoisotopic (exact) mass is 273 g/mol. The zero-order valence-corrected chi connectivity index (χ0v) is 12.8. The van der Waals surface area contributed by atoms with E-state index in [1.165, 1.54) is 0 Å². The molecule has 0 unspecified atom stereocenters. The van der Waals surface area contributed by atoms with Crippen LogP contribution in [-0.2, 0) is 4.79 Å². The quantitative estimate of drug-likeness (QED) is 0.783. The molecular formula is C14H27NO2S. The molecule has 4 heteroatoms. The highest BCUT2D eigenvalue weighted by molar-refractivity contribution is 8.00. The van der Waals surface area contributed by atoms with Gasteiger partial charge in [0.1, 0.15) is 0 Å². The fraction of sp³-hybridized carbons (Fsp3) is 0.929. The summed E-state index contributed by atoms with van der Waals surface area (Å²) in [7, 11) is 0. The molecule has 0 spiro atoms. The fourth-order valence-corrected chi connectivity index (χ4v) is 3.03. The molecule has 0 bridgehead atoms. The van der Waals surface area contributed by atoms with E-state index in [0.29, 0.717) is 23.0 Å². The zero-order valence-electron chi connectivity index (χ0n) is 11.9. The number of carbonyl (C=O) groups excluding carboxylic acids is 1. The number of hydrogen-bond donors (Lipinski definition) is 1. The molecule has 0 aliphatic carbocycles. The second kappa shape index (κ2) is 7.39. The molecule has 1 rings (SSSR count). The van der Waals surface area contributed by atoms with Gasteiger partial charge in [-0.1, -0.05) is 20.8 Å². The third kappa shape index (κ3) is 6.10. The lowest BCUT2D eigenvalue weighted by molar-refractivity contribution is -0.132. The number of carbonyl (C=O) groups is 1. The first-order chi connectivity index (χ1) is 8.42. The first-order valence-electron chi connectivity index (χ1n) is 6.95. The van der Waals surface area contributed by atoms with Gasteiger partial charge in [0, 0.05) is 30.9 Å². The molecule has 0 aromatic carbocycles. The normalized spacial score (nSPS) is 18.1. The summed E-state index contributed by atoms with van der Waals surface area (Å²) >= 11 is 1.92. The SMILES string of the molecule is CC(C)(C)SCCCC(=O)N1CCC(CO)CC1. The first kappa shape index (κ1) is 15.8. The van der Waals surface area contributed by atoms with Gasteiger partial charge in [0.15, 0.2) is 0 Å². The summed E-state index contributed by atoms with van der Waals surface area (Å²) in [4.78, 5) is 13.9. The van der Waals surface area contributed by atoms with Crippen molar-refractivity contribution in [3.63, 3.8) is 0 Å². The maximum absolute atomic E-state index is 12.0. The van der Waals surface area contributed by atoms with E-state index in [1.807, 2.05) is 16.7 Å². The van der Waals surface area contributed by atoms with Crippen LogP contribution in [0.1, 0.15) is 46.5 Å². The van der Waals surface area contributed by atoms with Crippen LogP contribution in [0.2, 0.25) is 0 Å². The minimum absolute atomic E-state index is 0.268. The number of rotatable bonds is 5. The molecule has 0 aromatic heterocycles. The van der Waals surface area contributed by atoms with E-state index in [-0.39, 0.29) is 6.61 Å². The second-order valence-electron chi connectivity index (χ2n) is 6.07. The zero-order chi connectivity index (χ0) is 13.6. The van der Waals surface area contributed by atoms with E-state index in [0.717, 1.165) is 38.1 Å². The van der Waals surface area contributed by atoms with Crippen LogP contribution in [0.15, 0.2) is 0 Å². The van der Waals surface area contributed by atoms with Crippen molar-refractivity contribution in [1.29, 1.82) is 0 Å². The lowest BCUT2D eigenvalue weighted by Gasteiger charge is -2.31. The third-order valence-corrected chi connectivity index (χ3v) is 4.65. The molecule has 0 saturated carbocycles. The van der Waals surface area contributed by atoms with E-state index >= 15 is 0 Å². The van der Waals surface area contributed by atoms with Gasteiger partial charge < -0.3 is 10.0 Å². The molecule has 1 aliphatic heterocycles. The number of hydrogen-bond acceptors (Lipinski definition) is 3. The summed E-state index contributed by atoms with van der Waals surface area (Å²) in [5.41, 5.74) is 0. The number of piperidine rings is 1. The lowest BCUT2D eigenvalue weighted by Crippen LogP contribution is -2.39. The number of aliphatic hydroxyl groups is 1. The molecule has 0 aromatic rings. The predicted octanol–water partition coefficient (Wildman–Crippen LogP) is 2.53. The molecule has 1 aliphatic rings. The number of nitrogens with zero attached hydrogens (tertiary/aromatic N) is 1. The Morgan fingerprint density at radius 2 is 1.94 bits per heavy atom. The van der Waals surface area contributed by atoms with Crippen LogP contribution in [-0.4, -0.2) is 46.1 Å². The van der Waals surface area contributed by atoms with E-state index in [2.05, 4.69) is 20.8 Å². The molecule has 1 fully saturated rings. The minimum atomic E-state index is 0.268. The van der Waals surface area contributed by atoms with Crippen molar-refractivity contribution in [2.75, 3.05) is 25.4 Å². The van der Waals surface area contributed by atoms with Crippen LogP contribution in [0.25, 0.3) is 0 Å². The van der Waals surface area contributed by atoms with Crippen LogP contribution in [0.5, 0.6) is 0 Å². The Kier molecular flexibility index (Phi) is 6.50. The number of amides is 1. The Bertz CT molecular complexity index is 255. The first-order valence-corrected chi connectivity index (χ1v) is 7.93. The van der Waals surface area contributed by atoms with Gasteiger partial charge in [-0.3, -0.25) is 4.79 Å².